The fraction of sp³-hybridized carbons (Fsp3) is 0.0833. The Morgan fingerprint density at radius 2 is 2.16 bits per heavy atom. The summed E-state index contributed by atoms with van der Waals surface area (Å²) in [4.78, 5) is 12.5. The number of nitrogens with two attached hydrogens (primary N) is 1. The second kappa shape index (κ2) is 4.51. The molecule has 0 bridgehead atoms. The average Bonchev–Trinajstić information content (AvgIpc) is 2.74. The number of fused-ring (bicyclic) bond motifs is 1. The van der Waals surface area contributed by atoms with Crippen LogP contribution in [0, 0.1) is 0 Å². The van der Waals surface area contributed by atoms with Gasteiger partial charge in [-0.2, -0.15) is 4.98 Å². The van der Waals surface area contributed by atoms with E-state index in [0.717, 1.165) is 10.2 Å². The van der Waals surface area contributed by atoms with Crippen molar-refractivity contribution < 1.29 is 4.74 Å². The molecule has 0 unspecified atom stereocenters. The molecule has 1 aromatic carbocycles. The molecule has 2 heterocycles. The third-order valence-electron chi connectivity index (χ3n) is 2.70. The summed E-state index contributed by atoms with van der Waals surface area (Å²) < 4.78 is 7.87. The van der Waals surface area contributed by atoms with E-state index in [9.17, 15) is 0 Å². The summed E-state index contributed by atoms with van der Waals surface area (Å²) in [7, 11) is 1.54. The number of benzene rings is 1. The minimum absolute atomic E-state index is 0.340. The van der Waals surface area contributed by atoms with E-state index in [0.29, 0.717) is 23.0 Å². The zero-order chi connectivity index (χ0) is 13.4. The van der Waals surface area contributed by atoms with Crippen LogP contribution in [0.1, 0.15) is 0 Å². The molecule has 2 aromatic heterocycles. The zero-order valence-electron chi connectivity index (χ0n) is 10.0. The fourth-order valence-electron chi connectivity index (χ4n) is 1.91. The lowest BCUT2D eigenvalue weighted by atomic mass is 10.3. The van der Waals surface area contributed by atoms with Crippen molar-refractivity contribution in [2.45, 2.75) is 0 Å². The Morgan fingerprint density at radius 1 is 1.32 bits per heavy atom. The first kappa shape index (κ1) is 11.9. The van der Waals surface area contributed by atoms with Gasteiger partial charge >= 0.3 is 0 Å². The molecule has 0 aliphatic rings. The number of imidazole rings is 1. The van der Waals surface area contributed by atoms with Crippen LogP contribution in [-0.2, 0) is 0 Å². The van der Waals surface area contributed by atoms with Gasteiger partial charge in [0, 0.05) is 4.47 Å². The number of nitrogens with zero attached hydrogens (tertiary/aromatic N) is 4. The molecule has 0 spiro atoms. The van der Waals surface area contributed by atoms with Crippen LogP contribution < -0.4 is 10.5 Å². The van der Waals surface area contributed by atoms with Crippen LogP contribution in [0.25, 0.3) is 16.9 Å². The van der Waals surface area contributed by atoms with Crippen LogP contribution in [0.5, 0.6) is 5.88 Å². The highest BCUT2D eigenvalue weighted by Gasteiger charge is 2.15. The first-order valence-corrected chi connectivity index (χ1v) is 6.29. The molecule has 3 rings (SSSR count). The molecule has 0 atom stereocenters. The average molecular weight is 320 g/mol. The van der Waals surface area contributed by atoms with Crippen molar-refractivity contribution in [2.75, 3.05) is 12.8 Å². The maximum atomic E-state index is 5.97. The topological polar surface area (TPSA) is 78.8 Å². The van der Waals surface area contributed by atoms with Crippen LogP contribution in [0.2, 0.25) is 0 Å². The molecule has 19 heavy (non-hydrogen) atoms. The summed E-state index contributed by atoms with van der Waals surface area (Å²) in [5.41, 5.74) is 8.00. The predicted octanol–water partition coefficient (Wildman–Crippen LogP) is 2.17. The van der Waals surface area contributed by atoms with E-state index >= 15 is 0 Å². The third-order valence-corrected chi connectivity index (χ3v) is 3.19. The number of nitrogen functional groups attached to an aromatic ring is 1. The summed E-state index contributed by atoms with van der Waals surface area (Å²) >= 11 is 3.43. The normalized spacial score (nSPS) is 10.8. The Bertz CT molecular complexity index is 755. The van der Waals surface area contributed by atoms with Crippen molar-refractivity contribution in [1.82, 2.24) is 19.5 Å². The maximum absolute atomic E-state index is 5.97. The van der Waals surface area contributed by atoms with E-state index in [1.165, 1.54) is 13.4 Å². The number of hydrogen-bond acceptors (Lipinski definition) is 5. The van der Waals surface area contributed by atoms with Crippen molar-refractivity contribution in [2.24, 2.45) is 0 Å². The van der Waals surface area contributed by atoms with E-state index in [1.54, 1.807) is 4.57 Å². The summed E-state index contributed by atoms with van der Waals surface area (Å²) in [5, 5.41) is 0. The highest BCUT2D eigenvalue weighted by molar-refractivity contribution is 9.10. The lowest BCUT2D eigenvalue weighted by Crippen LogP contribution is -2.01. The minimum atomic E-state index is 0.340. The SMILES string of the molecule is COc1ncnc2c1nc(N)n2-c1cccc(Br)c1. The van der Waals surface area contributed by atoms with Crippen molar-refractivity contribution in [3.8, 4) is 11.6 Å². The lowest BCUT2D eigenvalue weighted by molar-refractivity contribution is 0.401. The number of aromatic nitrogens is 4. The third kappa shape index (κ3) is 1.91. The zero-order valence-corrected chi connectivity index (χ0v) is 11.6. The Hall–Kier alpha value is -2.15. The number of hydrogen-bond donors (Lipinski definition) is 1. The van der Waals surface area contributed by atoms with Gasteiger partial charge in [0.05, 0.1) is 12.8 Å². The van der Waals surface area contributed by atoms with Gasteiger partial charge in [0.2, 0.25) is 11.8 Å². The van der Waals surface area contributed by atoms with E-state index in [2.05, 4.69) is 30.9 Å². The van der Waals surface area contributed by atoms with Gasteiger partial charge in [-0.1, -0.05) is 22.0 Å². The van der Waals surface area contributed by atoms with Gasteiger partial charge in [-0.3, -0.25) is 4.57 Å². The van der Waals surface area contributed by atoms with E-state index in [1.807, 2.05) is 24.3 Å². The first-order valence-electron chi connectivity index (χ1n) is 5.49. The van der Waals surface area contributed by atoms with Gasteiger partial charge < -0.3 is 10.5 Å². The molecular weight excluding hydrogens is 310 g/mol. The maximum Gasteiger partial charge on any atom is 0.245 e. The predicted molar refractivity (Wildman–Crippen MR) is 75.3 cm³/mol. The number of halogens is 1. The van der Waals surface area contributed by atoms with Crippen LogP contribution in [0.15, 0.2) is 35.1 Å². The van der Waals surface area contributed by atoms with Crippen molar-refractivity contribution in [3.63, 3.8) is 0 Å². The Kier molecular flexibility index (Phi) is 2.83. The van der Waals surface area contributed by atoms with E-state index < -0.39 is 0 Å². The van der Waals surface area contributed by atoms with Crippen LogP contribution in [-0.4, -0.2) is 26.6 Å². The molecule has 6 nitrogen and oxygen atoms in total. The van der Waals surface area contributed by atoms with Gasteiger partial charge in [-0.05, 0) is 18.2 Å². The summed E-state index contributed by atoms with van der Waals surface area (Å²) in [6.45, 7) is 0. The molecule has 0 amide bonds. The van der Waals surface area contributed by atoms with Gasteiger partial charge in [-0.15, -0.1) is 0 Å². The largest absolute Gasteiger partial charge is 0.479 e. The quantitative estimate of drug-likeness (QED) is 0.783. The first-order chi connectivity index (χ1) is 9.20. The lowest BCUT2D eigenvalue weighted by Gasteiger charge is -2.06. The molecule has 0 saturated carbocycles. The molecule has 3 aromatic rings. The monoisotopic (exact) mass is 319 g/mol. The van der Waals surface area contributed by atoms with Crippen molar-refractivity contribution in [3.05, 3.63) is 35.1 Å². The van der Waals surface area contributed by atoms with Crippen LogP contribution in [0.3, 0.4) is 0 Å². The highest BCUT2D eigenvalue weighted by Crippen LogP contribution is 2.27. The van der Waals surface area contributed by atoms with Crippen molar-refractivity contribution in [1.29, 1.82) is 0 Å². The molecule has 0 radical (unpaired) electrons. The van der Waals surface area contributed by atoms with Crippen LogP contribution in [0.4, 0.5) is 5.95 Å². The van der Waals surface area contributed by atoms with Crippen molar-refractivity contribution >= 4 is 33.0 Å². The number of rotatable bonds is 2. The highest BCUT2D eigenvalue weighted by atomic mass is 79.9. The summed E-state index contributed by atoms with van der Waals surface area (Å²) in [6, 6.07) is 7.72. The Morgan fingerprint density at radius 3 is 2.89 bits per heavy atom. The van der Waals surface area contributed by atoms with Crippen LogP contribution >= 0.6 is 15.9 Å². The molecule has 2 N–H and O–H groups in total. The number of ether oxygens (including phenoxy) is 1. The van der Waals surface area contributed by atoms with Gasteiger partial charge in [-0.25, -0.2) is 9.97 Å². The molecule has 0 aliphatic carbocycles. The minimum Gasteiger partial charge on any atom is -0.479 e. The second-order valence-electron chi connectivity index (χ2n) is 3.84. The fourth-order valence-corrected chi connectivity index (χ4v) is 2.29. The molecule has 7 heteroatoms. The number of methoxy groups -OCH3 is 1. The van der Waals surface area contributed by atoms with E-state index in [4.69, 9.17) is 10.5 Å². The molecule has 96 valence electrons. The van der Waals surface area contributed by atoms with Gasteiger partial charge in [0.25, 0.3) is 0 Å². The number of anilines is 1. The summed E-state index contributed by atoms with van der Waals surface area (Å²) in [6.07, 6.45) is 1.43. The Balaban J connectivity index is 2.32. The second-order valence-corrected chi connectivity index (χ2v) is 4.76. The standard InChI is InChI=1S/C12H10BrN5O/c1-19-11-9-10(15-6-16-11)18(12(14)17-9)8-4-2-3-7(13)5-8/h2-6H,1H3,(H2,14,17). The summed E-state index contributed by atoms with van der Waals surface area (Å²) in [5.74, 6) is 0.748. The molecular formula is C12H10BrN5O. The Labute approximate surface area is 117 Å². The van der Waals surface area contributed by atoms with Gasteiger partial charge in [0.15, 0.2) is 11.2 Å². The molecule has 0 fully saturated rings. The van der Waals surface area contributed by atoms with E-state index in [-0.39, 0.29) is 0 Å². The van der Waals surface area contributed by atoms with Gasteiger partial charge in [0.1, 0.15) is 6.33 Å². The molecule has 0 aliphatic heterocycles. The molecule has 0 saturated heterocycles. The smallest absolute Gasteiger partial charge is 0.245 e.